The van der Waals surface area contributed by atoms with Crippen LogP contribution in [0.3, 0.4) is 0 Å². The molecular weight excluding hydrogens is 441 g/mol. The number of phenolic OH excluding ortho intramolecular Hbond substituents is 1. The minimum absolute atomic E-state index is 0.0637. The molecule has 0 saturated heterocycles. The van der Waals surface area contributed by atoms with Crippen LogP contribution in [-0.2, 0) is 13.0 Å². The number of benzene rings is 2. The molecule has 0 bridgehead atoms. The van der Waals surface area contributed by atoms with Gasteiger partial charge in [0, 0.05) is 28.4 Å². The van der Waals surface area contributed by atoms with E-state index < -0.39 is 0 Å². The quantitative estimate of drug-likeness (QED) is 0.463. The van der Waals surface area contributed by atoms with Gasteiger partial charge in [-0.15, -0.1) is 0 Å². The van der Waals surface area contributed by atoms with Crippen molar-refractivity contribution in [3.63, 3.8) is 0 Å². The second kappa shape index (κ2) is 10.2. The van der Waals surface area contributed by atoms with E-state index in [9.17, 15) is 9.90 Å². The number of methoxy groups -OCH3 is 1. The lowest BCUT2D eigenvalue weighted by atomic mass is 10.1. The van der Waals surface area contributed by atoms with Crippen LogP contribution in [0.1, 0.15) is 21.5 Å². The van der Waals surface area contributed by atoms with Crippen molar-refractivity contribution in [2.45, 2.75) is 13.0 Å². The summed E-state index contributed by atoms with van der Waals surface area (Å²) in [6.45, 7) is 0.459. The number of anilines is 1. The van der Waals surface area contributed by atoms with Crippen molar-refractivity contribution in [2.24, 2.45) is 0 Å². The standard InChI is InChI=1S/C22H21Cl2N3O4/c1-30-19-9-13(5-6-18(19)28)7-8-26-22(29)14-10-20(21(25)27-11-14)31-12-15-16(23)3-2-4-17(15)24/h2-6,9-11,28H,7-8,12H2,1H3,(H2,25,27)(H,26,29). The monoisotopic (exact) mass is 461 g/mol. The molecule has 0 aliphatic heterocycles. The number of carbonyl (C=O) groups is 1. The van der Waals surface area contributed by atoms with Crippen molar-refractivity contribution in [3.05, 3.63) is 75.4 Å². The summed E-state index contributed by atoms with van der Waals surface area (Å²) in [6, 6.07) is 11.7. The lowest BCUT2D eigenvalue weighted by Crippen LogP contribution is -2.26. The minimum Gasteiger partial charge on any atom is -0.504 e. The number of rotatable bonds is 8. The molecule has 7 nitrogen and oxygen atoms in total. The Kier molecular flexibility index (Phi) is 7.44. The first-order valence-corrected chi connectivity index (χ1v) is 10.1. The fraction of sp³-hybridized carbons (Fsp3) is 0.182. The zero-order chi connectivity index (χ0) is 22.4. The third kappa shape index (κ3) is 5.71. The van der Waals surface area contributed by atoms with Crippen LogP contribution in [0.4, 0.5) is 5.82 Å². The van der Waals surface area contributed by atoms with E-state index in [-0.39, 0.29) is 29.8 Å². The molecular formula is C22H21Cl2N3O4. The minimum atomic E-state index is -0.320. The van der Waals surface area contributed by atoms with Gasteiger partial charge >= 0.3 is 0 Å². The third-order valence-corrected chi connectivity index (χ3v) is 5.23. The zero-order valence-electron chi connectivity index (χ0n) is 16.7. The van der Waals surface area contributed by atoms with Crippen LogP contribution >= 0.6 is 23.2 Å². The molecule has 0 aliphatic carbocycles. The number of hydrogen-bond acceptors (Lipinski definition) is 6. The van der Waals surface area contributed by atoms with Crippen molar-refractivity contribution in [1.29, 1.82) is 0 Å². The van der Waals surface area contributed by atoms with Gasteiger partial charge in [0.25, 0.3) is 5.91 Å². The fourth-order valence-electron chi connectivity index (χ4n) is 2.82. The summed E-state index contributed by atoms with van der Waals surface area (Å²) in [5.41, 5.74) is 7.71. The van der Waals surface area contributed by atoms with Crippen molar-refractivity contribution in [2.75, 3.05) is 19.4 Å². The summed E-state index contributed by atoms with van der Waals surface area (Å²) >= 11 is 12.3. The van der Waals surface area contributed by atoms with E-state index in [2.05, 4.69) is 10.3 Å². The number of nitrogens with zero attached hydrogens (tertiary/aromatic N) is 1. The van der Waals surface area contributed by atoms with Gasteiger partial charge in [-0.05, 0) is 42.3 Å². The predicted molar refractivity (Wildman–Crippen MR) is 120 cm³/mol. The Hall–Kier alpha value is -3.16. The summed E-state index contributed by atoms with van der Waals surface area (Å²) in [7, 11) is 1.48. The number of aromatic nitrogens is 1. The highest BCUT2D eigenvalue weighted by atomic mass is 35.5. The Bertz CT molecular complexity index is 1070. The van der Waals surface area contributed by atoms with Crippen LogP contribution in [0.5, 0.6) is 17.2 Å². The number of ether oxygens (including phenoxy) is 2. The van der Waals surface area contributed by atoms with Gasteiger partial charge in [-0.2, -0.15) is 0 Å². The number of halogens is 2. The van der Waals surface area contributed by atoms with Gasteiger partial charge in [0.15, 0.2) is 23.1 Å². The maximum Gasteiger partial charge on any atom is 0.252 e. The van der Waals surface area contributed by atoms with Crippen LogP contribution in [0.15, 0.2) is 48.7 Å². The average molecular weight is 462 g/mol. The molecule has 0 saturated carbocycles. The molecule has 162 valence electrons. The van der Waals surface area contributed by atoms with E-state index in [1.165, 1.54) is 19.4 Å². The largest absolute Gasteiger partial charge is 0.504 e. The third-order valence-electron chi connectivity index (χ3n) is 4.52. The van der Waals surface area contributed by atoms with Crippen LogP contribution in [0.25, 0.3) is 0 Å². The molecule has 0 unspecified atom stereocenters. The lowest BCUT2D eigenvalue weighted by Gasteiger charge is -2.12. The molecule has 1 aromatic heterocycles. The van der Waals surface area contributed by atoms with Crippen molar-refractivity contribution >= 4 is 34.9 Å². The van der Waals surface area contributed by atoms with E-state index in [1.807, 2.05) is 0 Å². The smallest absolute Gasteiger partial charge is 0.252 e. The number of pyridine rings is 1. The zero-order valence-corrected chi connectivity index (χ0v) is 18.2. The molecule has 3 rings (SSSR count). The number of nitrogens with one attached hydrogen (secondary N) is 1. The Balaban J connectivity index is 1.61. The van der Waals surface area contributed by atoms with Gasteiger partial charge in [-0.3, -0.25) is 4.79 Å². The van der Waals surface area contributed by atoms with E-state index in [1.54, 1.807) is 36.4 Å². The molecule has 9 heteroatoms. The molecule has 4 N–H and O–H groups in total. The van der Waals surface area contributed by atoms with E-state index in [0.717, 1.165) is 5.56 Å². The number of nitrogens with two attached hydrogens (primary N) is 1. The summed E-state index contributed by atoms with van der Waals surface area (Å²) in [4.78, 5) is 16.5. The number of nitrogen functional groups attached to an aromatic ring is 1. The Labute approximate surface area is 189 Å². The molecule has 1 amide bonds. The Morgan fingerprint density at radius 3 is 2.61 bits per heavy atom. The maximum absolute atomic E-state index is 12.5. The normalized spacial score (nSPS) is 10.5. The molecule has 0 spiro atoms. The topological polar surface area (TPSA) is 107 Å². The summed E-state index contributed by atoms with van der Waals surface area (Å²) in [6.07, 6.45) is 1.93. The first-order valence-electron chi connectivity index (χ1n) is 9.34. The Morgan fingerprint density at radius 1 is 1.16 bits per heavy atom. The van der Waals surface area contributed by atoms with E-state index in [0.29, 0.717) is 39.9 Å². The number of hydrogen-bond donors (Lipinski definition) is 3. The number of phenols is 1. The molecule has 0 atom stereocenters. The van der Waals surface area contributed by atoms with Gasteiger partial charge in [0.2, 0.25) is 0 Å². The average Bonchev–Trinajstić information content (AvgIpc) is 2.75. The molecule has 2 aromatic carbocycles. The summed E-state index contributed by atoms with van der Waals surface area (Å²) in [5.74, 6) is 0.530. The van der Waals surface area contributed by atoms with Crippen LogP contribution in [0, 0.1) is 0 Å². The maximum atomic E-state index is 12.5. The SMILES string of the molecule is COc1cc(CCNC(=O)c2cnc(N)c(OCc3c(Cl)cccc3Cl)c2)ccc1O. The number of carbonyl (C=O) groups excluding carboxylic acids is 1. The molecule has 0 fully saturated rings. The number of aromatic hydroxyl groups is 1. The van der Waals surface area contributed by atoms with Crippen molar-refractivity contribution in [3.8, 4) is 17.2 Å². The van der Waals surface area contributed by atoms with Crippen molar-refractivity contribution < 1.29 is 19.4 Å². The highest BCUT2D eigenvalue weighted by Crippen LogP contribution is 2.28. The van der Waals surface area contributed by atoms with Gasteiger partial charge in [-0.25, -0.2) is 4.98 Å². The van der Waals surface area contributed by atoms with Gasteiger partial charge in [0.05, 0.1) is 12.7 Å². The highest BCUT2D eigenvalue weighted by Gasteiger charge is 2.13. The number of amides is 1. The van der Waals surface area contributed by atoms with Crippen LogP contribution < -0.4 is 20.5 Å². The highest BCUT2D eigenvalue weighted by molar-refractivity contribution is 6.35. The van der Waals surface area contributed by atoms with Crippen molar-refractivity contribution in [1.82, 2.24) is 10.3 Å². The first-order chi connectivity index (χ1) is 14.9. The van der Waals surface area contributed by atoms with Gasteiger partial charge < -0.3 is 25.6 Å². The molecule has 1 heterocycles. The van der Waals surface area contributed by atoms with Gasteiger partial charge in [-0.1, -0.05) is 35.3 Å². The molecule has 31 heavy (non-hydrogen) atoms. The Morgan fingerprint density at radius 2 is 1.90 bits per heavy atom. The molecule has 0 aliphatic rings. The van der Waals surface area contributed by atoms with Crippen LogP contribution in [0.2, 0.25) is 10.0 Å². The van der Waals surface area contributed by atoms with E-state index in [4.69, 9.17) is 38.4 Å². The first kappa shape index (κ1) is 22.5. The fourth-order valence-corrected chi connectivity index (χ4v) is 3.32. The molecule has 3 aromatic rings. The van der Waals surface area contributed by atoms with E-state index >= 15 is 0 Å². The second-order valence-corrected chi connectivity index (χ2v) is 7.42. The predicted octanol–water partition coefficient (Wildman–Crippen LogP) is 4.24. The lowest BCUT2D eigenvalue weighted by molar-refractivity contribution is 0.0953. The summed E-state index contributed by atoms with van der Waals surface area (Å²) < 4.78 is 10.8. The van der Waals surface area contributed by atoms with Gasteiger partial charge in [0.1, 0.15) is 6.61 Å². The molecule has 0 radical (unpaired) electrons. The second-order valence-electron chi connectivity index (χ2n) is 6.61. The van der Waals surface area contributed by atoms with Crippen LogP contribution in [-0.4, -0.2) is 29.7 Å². The summed E-state index contributed by atoms with van der Waals surface area (Å²) in [5, 5.41) is 13.4.